The van der Waals surface area contributed by atoms with E-state index in [2.05, 4.69) is 22.5 Å². The molecule has 1 aromatic carbocycles. The summed E-state index contributed by atoms with van der Waals surface area (Å²) in [5, 5.41) is 7.95. The van der Waals surface area contributed by atoms with Crippen LogP contribution in [0.2, 0.25) is 10.0 Å². The molecule has 1 aliphatic rings. The summed E-state index contributed by atoms with van der Waals surface area (Å²) in [6.45, 7) is 6.82. The lowest BCUT2D eigenvalue weighted by atomic mass is 10.3. The van der Waals surface area contributed by atoms with Crippen molar-refractivity contribution in [1.29, 1.82) is 0 Å². The number of hydrogen-bond donors (Lipinski definition) is 3. The molecule has 0 unspecified atom stereocenters. The molecule has 5 nitrogen and oxygen atoms in total. The molecule has 0 aromatic heterocycles. The van der Waals surface area contributed by atoms with Crippen LogP contribution in [0.4, 0.5) is 5.69 Å². The Kier molecular flexibility index (Phi) is 8.22. The molecule has 0 saturated carbocycles. The van der Waals surface area contributed by atoms with Crippen LogP contribution in [0.3, 0.4) is 0 Å². The normalized spacial score (nSPS) is 15.1. The molecule has 1 saturated heterocycles. The van der Waals surface area contributed by atoms with Gasteiger partial charge in [0.15, 0.2) is 11.7 Å². The van der Waals surface area contributed by atoms with Crippen molar-refractivity contribution in [2.45, 2.75) is 19.8 Å². The van der Waals surface area contributed by atoms with Gasteiger partial charge in [0.1, 0.15) is 0 Å². The van der Waals surface area contributed by atoms with Crippen molar-refractivity contribution in [3.8, 4) is 0 Å². The van der Waals surface area contributed by atoms with E-state index in [1.165, 1.54) is 4.90 Å². The van der Waals surface area contributed by atoms with Gasteiger partial charge in [-0.1, -0.05) is 36.5 Å². The van der Waals surface area contributed by atoms with Crippen LogP contribution in [0.5, 0.6) is 0 Å². The van der Waals surface area contributed by atoms with Gasteiger partial charge in [0.2, 0.25) is 0 Å². The van der Waals surface area contributed by atoms with E-state index in [9.17, 15) is 4.79 Å². The number of nitrogens with one attached hydrogen (secondary N) is 3. The van der Waals surface area contributed by atoms with Gasteiger partial charge in [-0.2, -0.15) is 0 Å². The first-order chi connectivity index (χ1) is 12.0. The smallest absolute Gasteiger partial charge is 0.275 e. The number of piperazine rings is 1. The number of benzene rings is 1. The fourth-order valence-electron chi connectivity index (χ4n) is 2.73. The SMILES string of the molecule is CCCCNC(=O)C[NH+]1CCN(C(=S)Nc2cc(Cl)cc(Cl)c2)CC1. The molecule has 0 spiro atoms. The highest BCUT2D eigenvalue weighted by molar-refractivity contribution is 7.80. The molecule has 0 aliphatic carbocycles. The minimum absolute atomic E-state index is 0.131. The minimum atomic E-state index is 0.131. The second kappa shape index (κ2) is 10.2. The number of unbranched alkanes of at least 4 members (excludes halogenated alkanes) is 1. The topological polar surface area (TPSA) is 48.8 Å². The number of halogens is 2. The fraction of sp³-hybridized carbons (Fsp3) is 0.529. The summed E-state index contributed by atoms with van der Waals surface area (Å²) in [5.74, 6) is 0.131. The molecule has 1 heterocycles. The van der Waals surface area contributed by atoms with Crippen LogP contribution in [0.15, 0.2) is 18.2 Å². The van der Waals surface area contributed by atoms with E-state index in [0.717, 1.165) is 51.3 Å². The summed E-state index contributed by atoms with van der Waals surface area (Å²) < 4.78 is 0. The van der Waals surface area contributed by atoms with E-state index in [4.69, 9.17) is 35.4 Å². The minimum Gasteiger partial charge on any atom is -0.351 e. The first-order valence-electron chi connectivity index (χ1n) is 8.60. The monoisotopic (exact) mass is 403 g/mol. The third-order valence-corrected chi connectivity index (χ3v) is 4.93. The number of carbonyl (C=O) groups excluding carboxylic acids is 1. The third-order valence-electron chi connectivity index (χ3n) is 4.13. The zero-order chi connectivity index (χ0) is 18.2. The molecule has 1 aliphatic heterocycles. The molecular formula is C17H25Cl2N4OS+. The zero-order valence-corrected chi connectivity index (χ0v) is 16.7. The number of anilines is 1. The molecule has 1 aromatic rings. The number of thiocarbonyl (C=S) groups is 1. The van der Waals surface area contributed by atoms with Crippen LogP contribution >= 0.6 is 35.4 Å². The summed E-state index contributed by atoms with van der Waals surface area (Å²) in [4.78, 5) is 15.3. The summed E-state index contributed by atoms with van der Waals surface area (Å²) in [7, 11) is 0. The summed E-state index contributed by atoms with van der Waals surface area (Å²) in [6, 6.07) is 5.27. The van der Waals surface area contributed by atoms with Gasteiger partial charge < -0.3 is 20.4 Å². The summed E-state index contributed by atoms with van der Waals surface area (Å²) in [6.07, 6.45) is 2.12. The Hall–Kier alpha value is -1.08. The van der Waals surface area contributed by atoms with Gasteiger partial charge in [-0.05, 0) is 36.8 Å². The number of rotatable bonds is 6. The van der Waals surface area contributed by atoms with Crippen molar-refractivity contribution in [1.82, 2.24) is 10.2 Å². The van der Waals surface area contributed by atoms with Crippen LogP contribution in [-0.2, 0) is 4.79 Å². The van der Waals surface area contributed by atoms with Crippen molar-refractivity contribution in [2.24, 2.45) is 0 Å². The van der Waals surface area contributed by atoms with Crippen LogP contribution in [0.25, 0.3) is 0 Å². The quantitative estimate of drug-likeness (QED) is 0.500. The maximum absolute atomic E-state index is 11.9. The highest BCUT2D eigenvalue weighted by atomic mass is 35.5. The van der Waals surface area contributed by atoms with Crippen molar-refractivity contribution in [3.05, 3.63) is 28.2 Å². The summed E-state index contributed by atoms with van der Waals surface area (Å²) in [5.41, 5.74) is 0.785. The first-order valence-corrected chi connectivity index (χ1v) is 9.76. The van der Waals surface area contributed by atoms with Gasteiger partial charge in [0.05, 0.1) is 26.2 Å². The average Bonchev–Trinajstić information content (AvgIpc) is 2.54. The van der Waals surface area contributed by atoms with E-state index in [1.807, 2.05) is 0 Å². The molecule has 8 heteroatoms. The molecule has 3 N–H and O–H groups in total. The van der Waals surface area contributed by atoms with E-state index < -0.39 is 0 Å². The van der Waals surface area contributed by atoms with Gasteiger partial charge in [-0.3, -0.25) is 4.79 Å². The Balaban J connectivity index is 1.75. The van der Waals surface area contributed by atoms with Crippen LogP contribution in [0, 0.1) is 0 Å². The Morgan fingerprint density at radius 2 is 1.88 bits per heavy atom. The van der Waals surface area contributed by atoms with Crippen LogP contribution < -0.4 is 15.5 Å². The third kappa shape index (κ3) is 6.98. The Morgan fingerprint density at radius 1 is 1.24 bits per heavy atom. The van der Waals surface area contributed by atoms with E-state index in [1.54, 1.807) is 18.2 Å². The van der Waals surface area contributed by atoms with Crippen LogP contribution in [0.1, 0.15) is 19.8 Å². The number of nitrogens with zero attached hydrogens (tertiary/aromatic N) is 1. The number of quaternary nitrogens is 1. The highest BCUT2D eigenvalue weighted by Gasteiger charge is 2.23. The second-order valence-corrected chi connectivity index (χ2v) is 7.47. The van der Waals surface area contributed by atoms with E-state index in [-0.39, 0.29) is 5.91 Å². The van der Waals surface area contributed by atoms with Crippen LogP contribution in [-0.4, -0.2) is 55.2 Å². The molecule has 25 heavy (non-hydrogen) atoms. The van der Waals surface area contributed by atoms with E-state index >= 15 is 0 Å². The molecule has 2 rings (SSSR count). The maximum Gasteiger partial charge on any atom is 0.275 e. The van der Waals surface area contributed by atoms with Gasteiger partial charge in [0, 0.05) is 22.3 Å². The summed E-state index contributed by atoms with van der Waals surface area (Å²) >= 11 is 17.5. The van der Waals surface area contributed by atoms with E-state index in [0.29, 0.717) is 21.7 Å². The standard InChI is InChI=1S/C17H24Cl2N4OS/c1-2-3-4-20-16(24)12-22-5-7-23(8-6-22)17(25)21-15-10-13(18)9-14(19)11-15/h9-11H,2-8,12H2,1H3,(H,20,24)(H,21,25)/p+1. The number of hydrogen-bond acceptors (Lipinski definition) is 2. The molecule has 1 amide bonds. The molecule has 1 fully saturated rings. The molecule has 0 radical (unpaired) electrons. The molecule has 138 valence electrons. The predicted octanol–water partition coefficient (Wildman–Crippen LogP) is 1.81. The van der Waals surface area contributed by atoms with Crippen molar-refractivity contribution in [2.75, 3.05) is 44.6 Å². The van der Waals surface area contributed by atoms with Crippen molar-refractivity contribution >= 4 is 52.1 Å². The van der Waals surface area contributed by atoms with Gasteiger partial charge >= 0.3 is 0 Å². The lowest BCUT2D eigenvalue weighted by Crippen LogP contribution is -3.15. The highest BCUT2D eigenvalue weighted by Crippen LogP contribution is 2.22. The fourth-order valence-corrected chi connectivity index (χ4v) is 3.55. The number of carbonyl (C=O) groups is 1. The Morgan fingerprint density at radius 3 is 2.48 bits per heavy atom. The second-order valence-electron chi connectivity index (χ2n) is 6.21. The molecule has 0 bridgehead atoms. The predicted molar refractivity (Wildman–Crippen MR) is 108 cm³/mol. The van der Waals surface area contributed by atoms with Gasteiger partial charge in [0.25, 0.3) is 5.91 Å². The molecular weight excluding hydrogens is 379 g/mol. The number of amides is 1. The largest absolute Gasteiger partial charge is 0.351 e. The Bertz CT molecular complexity index is 586. The van der Waals surface area contributed by atoms with Crippen molar-refractivity contribution < 1.29 is 9.69 Å². The lowest BCUT2D eigenvalue weighted by molar-refractivity contribution is -0.895. The zero-order valence-electron chi connectivity index (χ0n) is 14.4. The van der Waals surface area contributed by atoms with Gasteiger partial charge in [-0.25, -0.2) is 0 Å². The first kappa shape index (κ1) is 20.2. The van der Waals surface area contributed by atoms with Crippen molar-refractivity contribution in [3.63, 3.8) is 0 Å². The average molecular weight is 404 g/mol. The maximum atomic E-state index is 11.9. The molecule has 0 atom stereocenters. The lowest BCUT2D eigenvalue weighted by Gasteiger charge is -2.33. The van der Waals surface area contributed by atoms with Gasteiger partial charge in [-0.15, -0.1) is 0 Å². The Labute approximate surface area is 164 Å².